The predicted octanol–water partition coefficient (Wildman–Crippen LogP) is 4.63. The zero-order valence-corrected chi connectivity index (χ0v) is 15.9. The maximum atomic E-state index is 13.0. The predicted molar refractivity (Wildman–Crippen MR) is 107 cm³/mol. The van der Waals surface area contributed by atoms with Crippen LogP contribution in [-0.2, 0) is 0 Å². The molecule has 1 atom stereocenters. The number of benzene rings is 2. The fourth-order valence-electron chi connectivity index (χ4n) is 3.18. The number of rotatable bonds is 8. The van der Waals surface area contributed by atoms with Crippen LogP contribution >= 0.6 is 0 Å². The molecule has 3 rings (SSSR count). The van der Waals surface area contributed by atoms with Crippen LogP contribution in [0.5, 0.6) is 11.5 Å². The first-order valence-corrected chi connectivity index (χ1v) is 9.27. The number of hydrogen-bond donors (Lipinski definition) is 1. The van der Waals surface area contributed by atoms with Gasteiger partial charge in [0.25, 0.3) is 5.91 Å². The Hall–Kier alpha value is -2.95. The number of nitrogens with zero attached hydrogens (tertiary/aromatic N) is 1. The van der Waals surface area contributed by atoms with Gasteiger partial charge in [-0.25, -0.2) is 0 Å². The molecule has 1 amide bonds. The fraction of sp³-hybridized carbons (Fsp3) is 0.318. The number of unbranched alkanes of at least 4 members (excludes halogenated alkanes) is 1. The van der Waals surface area contributed by atoms with Gasteiger partial charge in [0.2, 0.25) is 0 Å². The number of methoxy groups -OCH3 is 1. The van der Waals surface area contributed by atoms with Crippen molar-refractivity contribution in [2.45, 2.75) is 25.9 Å². The third-order valence-corrected chi connectivity index (χ3v) is 4.61. The first-order valence-electron chi connectivity index (χ1n) is 9.27. The minimum Gasteiger partial charge on any atom is -0.493 e. The van der Waals surface area contributed by atoms with Crippen LogP contribution in [0, 0.1) is 0 Å². The van der Waals surface area contributed by atoms with Crippen molar-refractivity contribution in [3.05, 3.63) is 66.2 Å². The van der Waals surface area contributed by atoms with Crippen molar-refractivity contribution >= 4 is 11.6 Å². The number of amides is 1. The van der Waals surface area contributed by atoms with Gasteiger partial charge in [-0.2, -0.15) is 0 Å². The lowest BCUT2D eigenvalue weighted by atomic mass is 10.0. The second kappa shape index (κ2) is 8.62. The average Bonchev–Trinajstić information content (AvgIpc) is 2.70. The quantitative estimate of drug-likeness (QED) is 0.547. The maximum Gasteiger partial charge on any atom is 0.258 e. The van der Waals surface area contributed by atoms with Crippen LogP contribution in [0.25, 0.3) is 0 Å². The molecule has 1 heterocycles. The summed E-state index contributed by atoms with van der Waals surface area (Å²) in [5.41, 5.74) is 2.43. The molecule has 0 saturated carbocycles. The zero-order valence-electron chi connectivity index (χ0n) is 15.9. The van der Waals surface area contributed by atoms with Gasteiger partial charge in [0.05, 0.1) is 19.3 Å². The van der Waals surface area contributed by atoms with E-state index in [2.05, 4.69) is 18.8 Å². The molecule has 0 spiro atoms. The lowest BCUT2D eigenvalue weighted by Gasteiger charge is -2.37. The van der Waals surface area contributed by atoms with Crippen molar-refractivity contribution in [2.75, 3.05) is 25.6 Å². The molecule has 0 bridgehead atoms. The number of carbonyl (C=O) groups is 1. The Kier molecular flexibility index (Phi) is 6.01. The number of hydrogen-bond acceptors (Lipinski definition) is 4. The summed E-state index contributed by atoms with van der Waals surface area (Å²) in [7, 11) is 1.63. The molecule has 5 nitrogen and oxygen atoms in total. The standard InChI is InChI=1S/C22H26N2O3/c1-4-6-14-27-19-12-11-16(15-20(19)26-3)21-23-18-10-8-7-9-17(18)22(25)24(21)13-5-2/h5,7-12,15,21,23H,2,4,6,13-14H2,1,3H3. The highest BCUT2D eigenvalue weighted by Gasteiger charge is 2.32. The van der Waals surface area contributed by atoms with E-state index in [9.17, 15) is 4.79 Å². The molecule has 5 heteroatoms. The molecule has 0 aliphatic carbocycles. The Bertz CT molecular complexity index is 819. The number of ether oxygens (including phenoxy) is 2. The summed E-state index contributed by atoms with van der Waals surface area (Å²) in [5.74, 6) is 1.36. The molecule has 142 valence electrons. The molecular formula is C22H26N2O3. The summed E-state index contributed by atoms with van der Waals surface area (Å²) >= 11 is 0. The highest BCUT2D eigenvalue weighted by molar-refractivity contribution is 6.01. The van der Waals surface area contributed by atoms with Crippen LogP contribution in [-0.4, -0.2) is 31.1 Å². The summed E-state index contributed by atoms with van der Waals surface area (Å²) < 4.78 is 11.3. The molecule has 1 N–H and O–H groups in total. The number of fused-ring (bicyclic) bond motifs is 1. The first-order chi connectivity index (χ1) is 13.2. The van der Waals surface area contributed by atoms with E-state index >= 15 is 0 Å². The third-order valence-electron chi connectivity index (χ3n) is 4.61. The first kappa shape index (κ1) is 18.8. The van der Waals surface area contributed by atoms with Crippen molar-refractivity contribution in [3.8, 4) is 11.5 Å². The fourth-order valence-corrected chi connectivity index (χ4v) is 3.18. The minimum absolute atomic E-state index is 0.0171. The molecular weight excluding hydrogens is 340 g/mol. The van der Waals surface area contributed by atoms with Crippen molar-refractivity contribution in [2.24, 2.45) is 0 Å². The number of anilines is 1. The van der Waals surface area contributed by atoms with Crippen LogP contribution in [0.3, 0.4) is 0 Å². The van der Waals surface area contributed by atoms with Crippen molar-refractivity contribution in [1.82, 2.24) is 4.90 Å². The van der Waals surface area contributed by atoms with E-state index in [-0.39, 0.29) is 12.1 Å². The molecule has 1 aliphatic rings. The molecule has 27 heavy (non-hydrogen) atoms. The zero-order chi connectivity index (χ0) is 19.2. The van der Waals surface area contributed by atoms with E-state index in [0.717, 1.165) is 24.1 Å². The van der Waals surface area contributed by atoms with Crippen molar-refractivity contribution in [3.63, 3.8) is 0 Å². The van der Waals surface area contributed by atoms with Gasteiger partial charge in [-0.05, 0) is 36.2 Å². The summed E-state index contributed by atoms with van der Waals surface area (Å²) in [5, 5.41) is 3.46. The molecule has 0 fully saturated rings. The second-order valence-corrected chi connectivity index (χ2v) is 6.45. The van der Waals surface area contributed by atoms with Gasteiger partial charge in [-0.1, -0.05) is 37.6 Å². The summed E-state index contributed by atoms with van der Waals surface area (Å²) in [6.07, 6.45) is 3.50. The Morgan fingerprint density at radius 3 is 2.78 bits per heavy atom. The molecule has 0 radical (unpaired) electrons. The molecule has 2 aromatic rings. The summed E-state index contributed by atoms with van der Waals surface area (Å²) in [4.78, 5) is 14.7. The van der Waals surface area contributed by atoms with Crippen LogP contribution in [0.15, 0.2) is 55.1 Å². The summed E-state index contributed by atoms with van der Waals surface area (Å²) in [6.45, 7) is 7.02. The summed E-state index contributed by atoms with van der Waals surface area (Å²) in [6, 6.07) is 13.4. The second-order valence-electron chi connectivity index (χ2n) is 6.45. The van der Waals surface area contributed by atoms with Crippen molar-refractivity contribution in [1.29, 1.82) is 0 Å². The van der Waals surface area contributed by atoms with Crippen LogP contribution in [0.1, 0.15) is 41.9 Å². The van der Waals surface area contributed by atoms with Gasteiger partial charge in [0.1, 0.15) is 6.17 Å². The Morgan fingerprint density at radius 1 is 1.22 bits per heavy atom. The number of para-hydroxylation sites is 1. The maximum absolute atomic E-state index is 13.0. The highest BCUT2D eigenvalue weighted by atomic mass is 16.5. The van der Waals surface area contributed by atoms with Gasteiger partial charge in [-0.3, -0.25) is 4.79 Å². The van der Waals surface area contributed by atoms with Crippen molar-refractivity contribution < 1.29 is 14.3 Å². The van der Waals surface area contributed by atoms with E-state index in [1.807, 2.05) is 42.5 Å². The molecule has 2 aromatic carbocycles. The number of carbonyl (C=O) groups excluding carboxylic acids is 1. The van der Waals surface area contributed by atoms with E-state index in [0.29, 0.717) is 30.2 Å². The molecule has 1 aliphatic heterocycles. The monoisotopic (exact) mass is 366 g/mol. The van der Waals surface area contributed by atoms with Crippen LogP contribution < -0.4 is 14.8 Å². The van der Waals surface area contributed by atoms with E-state index in [1.165, 1.54) is 0 Å². The van der Waals surface area contributed by atoms with Gasteiger partial charge in [-0.15, -0.1) is 6.58 Å². The van der Waals surface area contributed by atoms with E-state index in [4.69, 9.17) is 9.47 Å². The van der Waals surface area contributed by atoms with Gasteiger partial charge in [0.15, 0.2) is 11.5 Å². The Labute approximate surface area is 160 Å². The highest BCUT2D eigenvalue weighted by Crippen LogP contribution is 2.36. The van der Waals surface area contributed by atoms with E-state index < -0.39 is 0 Å². The topological polar surface area (TPSA) is 50.8 Å². The molecule has 0 aromatic heterocycles. The third kappa shape index (κ3) is 3.92. The Balaban J connectivity index is 1.93. The van der Waals surface area contributed by atoms with Crippen LogP contribution in [0.2, 0.25) is 0 Å². The van der Waals surface area contributed by atoms with Gasteiger partial charge in [0, 0.05) is 12.2 Å². The smallest absolute Gasteiger partial charge is 0.258 e. The SMILES string of the molecule is C=CCN1C(=O)c2ccccc2NC1c1ccc(OCCCC)c(OC)c1. The largest absolute Gasteiger partial charge is 0.493 e. The normalized spacial score (nSPS) is 15.7. The molecule has 1 unspecified atom stereocenters. The lowest BCUT2D eigenvalue weighted by Crippen LogP contribution is -2.42. The van der Waals surface area contributed by atoms with E-state index in [1.54, 1.807) is 18.1 Å². The Morgan fingerprint density at radius 2 is 2.04 bits per heavy atom. The minimum atomic E-state index is -0.302. The lowest BCUT2D eigenvalue weighted by molar-refractivity contribution is 0.0707. The average molecular weight is 366 g/mol. The molecule has 0 saturated heterocycles. The van der Waals surface area contributed by atoms with Gasteiger partial charge < -0.3 is 19.7 Å². The van der Waals surface area contributed by atoms with Crippen LogP contribution in [0.4, 0.5) is 5.69 Å². The van der Waals surface area contributed by atoms with Gasteiger partial charge >= 0.3 is 0 Å². The number of nitrogens with one attached hydrogen (secondary N) is 1.